The van der Waals surface area contributed by atoms with Crippen molar-refractivity contribution in [2.75, 3.05) is 31.5 Å². The van der Waals surface area contributed by atoms with E-state index in [9.17, 15) is 14.4 Å². The maximum atomic E-state index is 12.7. The van der Waals surface area contributed by atoms with Crippen LogP contribution < -0.4 is 5.32 Å². The first-order valence-electron chi connectivity index (χ1n) is 8.82. The number of carbonyl (C=O) groups is 3. The van der Waals surface area contributed by atoms with E-state index in [1.165, 1.54) is 13.0 Å². The highest BCUT2D eigenvalue weighted by molar-refractivity contribution is 6.04. The molecule has 0 aliphatic carbocycles. The van der Waals surface area contributed by atoms with Crippen LogP contribution in [0, 0.1) is 11.3 Å². The molecule has 1 N–H and O–H groups in total. The van der Waals surface area contributed by atoms with Crippen molar-refractivity contribution in [3.63, 3.8) is 0 Å². The highest BCUT2D eigenvalue weighted by Gasteiger charge is 2.24. The smallest absolute Gasteiger partial charge is 0.274 e. The van der Waals surface area contributed by atoms with E-state index in [0.717, 1.165) is 0 Å². The van der Waals surface area contributed by atoms with E-state index < -0.39 is 5.91 Å². The van der Waals surface area contributed by atoms with Crippen LogP contribution in [0.4, 0.5) is 5.69 Å². The molecule has 0 saturated carbocycles. The van der Waals surface area contributed by atoms with Crippen molar-refractivity contribution in [3.05, 3.63) is 59.4 Å². The van der Waals surface area contributed by atoms with Crippen molar-refractivity contribution >= 4 is 23.4 Å². The summed E-state index contributed by atoms with van der Waals surface area (Å²) in [6, 6.07) is 13.3. The summed E-state index contributed by atoms with van der Waals surface area (Å²) < 4.78 is 0. The number of carbonyl (C=O) groups excluding carboxylic acids is 3. The lowest BCUT2D eigenvalue weighted by Crippen LogP contribution is -2.50. The fraction of sp³-hybridized carbons (Fsp3) is 0.250. The summed E-state index contributed by atoms with van der Waals surface area (Å²) in [4.78, 5) is 44.1. The van der Waals surface area contributed by atoms with Crippen molar-refractivity contribution in [1.29, 1.82) is 5.26 Å². The van der Waals surface area contributed by atoms with Gasteiger partial charge in [-0.15, -0.1) is 0 Å². The summed E-state index contributed by atoms with van der Waals surface area (Å²) in [7, 11) is 0. The van der Waals surface area contributed by atoms with Crippen molar-refractivity contribution < 1.29 is 14.4 Å². The van der Waals surface area contributed by atoms with Crippen LogP contribution in [0.5, 0.6) is 0 Å². The lowest BCUT2D eigenvalue weighted by molar-refractivity contribution is -0.130. The van der Waals surface area contributed by atoms with Crippen LogP contribution in [-0.2, 0) is 4.79 Å². The van der Waals surface area contributed by atoms with Gasteiger partial charge >= 0.3 is 0 Å². The van der Waals surface area contributed by atoms with Gasteiger partial charge in [0, 0.05) is 33.1 Å². The molecule has 0 radical (unpaired) electrons. The van der Waals surface area contributed by atoms with Gasteiger partial charge in [0.2, 0.25) is 5.91 Å². The molecule has 2 heterocycles. The Hall–Kier alpha value is -3.73. The highest BCUT2D eigenvalue weighted by Crippen LogP contribution is 2.15. The van der Waals surface area contributed by atoms with Crippen molar-refractivity contribution in [3.8, 4) is 6.07 Å². The fourth-order valence-electron chi connectivity index (χ4n) is 2.94. The molecule has 1 aliphatic heterocycles. The molecule has 3 rings (SSSR count). The van der Waals surface area contributed by atoms with Crippen LogP contribution in [0.1, 0.15) is 33.5 Å². The molecular formula is C20H19N5O3. The summed E-state index contributed by atoms with van der Waals surface area (Å²) in [5, 5.41) is 11.8. The Bertz CT molecular complexity index is 958. The third-order valence-corrected chi connectivity index (χ3v) is 4.51. The van der Waals surface area contributed by atoms with Gasteiger partial charge in [-0.25, -0.2) is 4.98 Å². The minimum absolute atomic E-state index is 0.0125. The number of anilines is 1. The predicted octanol–water partition coefficient (Wildman–Crippen LogP) is 1.51. The molecule has 8 nitrogen and oxygen atoms in total. The number of nitrogens with one attached hydrogen (secondary N) is 1. The molecule has 142 valence electrons. The molecule has 1 aromatic carbocycles. The standard InChI is InChI=1S/C20H19N5O3/c1-14(26)24-9-11-25(12-10-24)20(28)18-8-4-7-17(22-18)19(27)23-16-6-3-2-5-15(16)13-21/h2-8H,9-12H2,1H3,(H,23,27). The molecular weight excluding hydrogens is 358 g/mol. The molecule has 0 unspecified atom stereocenters. The molecule has 0 bridgehead atoms. The van der Waals surface area contributed by atoms with Gasteiger partial charge in [-0.1, -0.05) is 18.2 Å². The molecule has 8 heteroatoms. The van der Waals surface area contributed by atoms with Crippen molar-refractivity contribution in [1.82, 2.24) is 14.8 Å². The molecule has 1 fully saturated rings. The van der Waals surface area contributed by atoms with Gasteiger partial charge in [-0.05, 0) is 24.3 Å². The Balaban J connectivity index is 1.72. The van der Waals surface area contributed by atoms with Crippen LogP contribution in [-0.4, -0.2) is 58.7 Å². The summed E-state index contributed by atoms with van der Waals surface area (Å²) in [6.07, 6.45) is 0. The van der Waals surface area contributed by atoms with Crippen LogP contribution >= 0.6 is 0 Å². The normalized spacial score (nSPS) is 13.6. The Morgan fingerprint density at radius 3 is 2.29 bits per heavy atom. The summed E-state index contributed by atoms with van der Waals surface area (Å²) >= 11 is 0. The number of hydrogen-bond acceptors (Lipinski definition) is 5. The third-order valence-electron chi connectivity index (χ3n) is 4.51. The van der Waals surface area contributed by atoms with E-state index in [1.807, 2.05) is 6.07 Å². The Morgan fingerprint density at radius 1 is 0.964 bits per heavy atom. The minimum atomic E-state index is -0.501. The van der Waals surface area contributed by atoms with E-state index in [1.54, 1.807) is 46.2 Å². The Kier molecular flexibility index (Phi) is 5.65. The second-order valence-corrected chi connectivity index (χ2v) is 6.32. The largest absolute Gasteiger partial charge is 0.339 e. The molecule has 28 heavy (non-hydrogen) atoms. The van der Waals surface area contributed by atoms with Gasteiger partial charge in [0.25, 0.3) is 11.8 Å². The Labute approximate surface area is 162 Å². The van der Waals surface area contributed by atoms with Gasteiger partial charge < -0.3 is 15.1 Å². The number of hydrogen-bond donors (Lipinski definition) is 1. The van der Waals surface area contributed by atoms with E-state index in [0.29, 0.717) is 37.4 Å². The quantitative estimate of drug-likeness (QED) is 0.873. The molecule has 2 aromatic rings. The topological polar surface area (TPSA) is 106 Å². The molecule has 1 saturated heterocycles. The lowest BCUT2D eigenvalue weighted by Gasteiger charge is -2.34. The van der Waals surface area contributed by atoms with Crippen molar-refractivity contribution in [2.24, 2.45) is 0 Å². The number of pyridine rings is 1. The molecule has 1 aromatic heterocycles. The molecule has 3 amide bonds. The first-order valence-corrected chi connectivity index (χ1v) is 8.82. The molecule has 1 aliphatic rings. The van der Waals surface area contributed by atoms with E-state index in [-0.39, 0.29) is 23.2 Å². The van der Waals surface area contributed by atoms with Gasteiger partial charge in [0.1, 0.15) is 17.5 Å². The van der Waals surface area contributed by atoms with E-state index in [2.05, 4.69) is 10.3 Å². The van der Waals surface area contributed by atoms with Crippen LogP contribution in [0.2, 0.25) is 0 Å². The molecule has 0 atom stereocenters. The zero-order valence-electron chi connectivity index (χ0n) is 15.4. The fourth-order valence-corrected chi connectivity index (χ4v) is 2.94. The average molecular weight is 377 g/mol. The number of aromatic nitrogens is 1. The summed E-state index contributed by atoms with van der Waals surface area (Å²) in [5.74, 6) is -0.796. The SMILES string of the molecule is CC(=O)N1CCN(C(=O)c2cccc(C(=O)Nc3ccccc3C#N)n2)CC1. The maximum absolute atomic E-state index is 12.7. The van der Waals surface area contributed by atoms with Crippen LogP contribution in [0.15, 0.2) is 42.5 Å². The van der Waals surface area contributed by atoms with Crippen molar-refractivity contribution in [2.45, 2.75) is 6.92 Å². The van der Waals surface area contributed by atoms with E-state index in [4.69, 9.17) is 5.26 Å². The minimum Gasteiger partial charge on any atom is -0.339 e. The highest BCUT2D eigenvalue weighted by atomic mass is 16.2. The monoisotopic (exact) mass is 377 g/mol. The first-order chi connectivity index (χ1) is 13.5. The van der Waals surface area contributed by atoms with Gasteiger partial charge in [-0.3, -0.25) is 14.4 Å². The summed E-state index contributed by atoms with van der Waals surface area (Å²) in [5.41, 5.74) is 0.971. The van der Waals surface area contributed by atoms with Crippen LogP contribution in [0.3, 0.4) is 0 Å². The first kappa shape index (κ1) is 19.0. The second kappa shape index (κ2) is 8.31. The van der Waals surface area contributed by atoms with Gasteiger partial charge in [-0.2, -0.15) is 5.26 Å². The maximum Gasteiger partial charge on any atom is 0.274 e. The number of amides is 3. The zero-order valence-corrected chi connectivity index (χ0v) is 15.4. The number of nitriles is 1. The zero-order chi connectivity index (χ0) is 20.1. The number of benzene rings is 1. The third kappa shape index (κ3) is 4.15. The van der Waals surface area contributed by atoms with Gasteiger partial charge in [0.05, 0.1) is 11.3 Å². The predicted molar refractivity (Wildman–Crippen MR) is 102 cm³/mol. The second-order valence-electron chi connectivity index (χ2n) is 6.32. The summed E-state index contributed by atoms with van der Waals surface area (Å²) in [6.45, 7) is 3.31. The number of piperazine rings is 1. The lowest BCUT2D eigenvalue weighted by atomic mass is 10.2. The van der Waals surface area contributed by atoms with E-state index >= 15 is 0 Å². The van der Waals surface area contributed by atoms with Crippen LogP contribution in [0.25, 0.3) is 0 Å². The average Bonchev–Trinajstić information content (AvgIpc) is 2.73. The molecule has 0 spiro atoms. The number of para-hydroxylation sites is 1. The Morgan fingerprint density at radius 2 is 1.61 bits per heavy atom. The number of rotatable bonds is 3. The number of nitrogens with zero attached hydrogens (tertiary/aromatic N) is 4. The van der Waals surface area contributed by atoms with Gasteiger partial charge in [0.15, 0.2) is 0 Å².